The van der Waals surface area contributed by atoms with E-state index in [1.807, 2.05) is 0 Å². The lowest BCUT2D eigenvalue weighted by atomic mass is 10.0. The van der Waals surface area contributed by atoms with Gasteiger partial charge in [0, 0.05) is 30.1 Å². The average molecular weight is 570 g/mol. The Morgan fingerprint density at radius 1 is 1.35 bits per heavy atom. The smallest absolute Gasteiger partial charge is 0.352 e. The van der Waals surface area contributed by atoms with Gasteiger partial charge in [0.25, 0.3) is 11.8 Å². The largest absolute Gasteiger partial charge is 0.477 e. The van der Waals surface area contributed by atoms with E-state index >= 15 is 0 Å². The number of amides is 2. The molecule has 2 aliphatic heterocycles. The molecule has 0 saturated carbocycles. The van der Waals surface area contributed by atoms with E-state index in [1.165, 1.54) is 23.5 Å². The van der Waals surface area contributed by atoms with Gasteiger partial charge in [-0.1, -0.05) is 16.9 Å². The van der Waals surface area contributed by atoms with E-state index in [0.717, 1.165) is 28.2 Å². The van der Waals surface area contributed by atoms with E-state index in [0.29, 0.717) is 5.57 Å². The van der Waals surface area contributed by atoms with Crippen molar-refractivity contribution in [3.05, 3.63) is 37.8 Å². The number of anilines is 1. The topological polar surface area (TPSA) is 228 Å². The number of carboxylic acid groups (broad SMARTS) is 1. The van der Waals surface area contributed by atoms with Crippen LogP contribution < -0.4 is 22.2 Å². The molecule has 2 aromatic heterocycles. The number of rotatable bonds is 9. The molecule has 19 heteroatoms. The molecule has 0 bridgehead atoms. The summed E-state index contributed by atoms with van der Waals surface area (Å²) >= 11 is 3.15. The summed E-state index contributed by atoms with van der Waals surface area (Å²) in [6.07, 6.45) is 0. The molecule has 0 spiro atoms. The minimum Gasteiger partial charge on any atom is -0.477 e. The molecule has 4 rings (SSSR count). The molecule has 196 valence electrons. The number of carbonyl (C=O) groups is 3. The quantitative estimate of drug-likeness (QED) is 0.0858. The van der Waals surface area contributed by atoms with Crippen LogP contribution in [0.5, 0.6) is 0 Å². The number of hydrogen-bond donors (Lipinski definition) is 4. The second kappa shape index (κ2) is 10.7. The zero-order chi connectivity index (χ0) is 26.9. The minimum absolute atomic E-state index is 0.0657. The Hall–Kier alpha value is -3.71. The lowest BCUT2D eigenvalue weighted by molar-refractivity contribution is -0.150. The summed E-state index contributed by atoms with van der Waals surface area (Å²) in [6.45, 7) is 1.83. The molecule has 1 saturated heterocycles. The van der Waals surface area contributed by atoms with Gasteiger partial charge in [0.05, 0.1) is 0 Å². The summed E-state index contributed by atoms with van der Waals surface area (Å²) in [6, 6.07) is -1.02. The monoisotopic (exact) mass is 569 g/mol. The van der Waals surface area contributed by atoms with Crippen LogP contribution >= 0.6 is 35.1 Å². The zero-order valence-electron chi connectivity index (χ0n) is 19.2. The number of aryl methyl sites for hydroxylation is 1. The number of nitrogens with two attached hydrogens (primary N) is 1. The fourth-order valence-corrected chi connectivity index (χ4v) is 6.23. The number of nitrogen functional groups attached to an aromatic ring is 1. The molecule has 4 heterocycles. The second-order valence-corrected chi connectivity index (χ2v) is 10.3. The SMILES string of the molecule is CCON=C(C(=O)NC1C(=O)N2C(C(=O)O)=C(CSc3nc(=O)c(=O)[nH]n3C)CS[C@H]12)c1nsc(N)n1. The Morgan fingerprint density at radius 3 is 2.76 bits per heavy atom. The lowest BCUT2D eigenvalue weighted by Crippen LogP contribution is -2.71. The summed E-state index contributed by atoms with van der Waals surface area (Å²) in [7, 11) is 1.49. The Labute approximate surface area is 219 Å². The van der Waals surface area contributed by atoms with Gasteiger partial charge < -0.3 is 21.0 Å². The van der Waals surface area contributed by atoms with Crippen molar-refractivity contribution in [3.63, 3.8) is 0 Å². The van der Waals surface area contributed by atoms with Crippen LogP contribution in [-0.4, -0.2) is 87.2 Å². The highest BCUT2D eigenvalue weighted by atomic mass is 32.2. The molecule has 0 aliphatic carbocycles. The van der Waals surface area contributed by atoms with E-state index < -0.39 is 40.3 Å². The third-order valence-electron chi connectivity index (χ3n) is 5.01. The molecule has 37 heavy (non-hydrogen) atoms. The highest BCUT2D eigenvalue weighted by Gasteiger charge is 2.54. The van der Waals surface area contributed by atoms with E-state index in [9.17, 15) is 29.1 Å². The van der Waals surface area contributed by atoms with Crippen molar-refractivity contribution >= 4 is 63.7 Å². The third kappa shape index (κ3) is 5.23. The van der Waals surface area contributed by atoms with Crippen LogP contribution in [-0.2, 0) is 26.3 Å². The normalized spacial score (nSPS) is 19.4. The zero-order valence-corrected chi connectivity index (χ0v) is 21.6. The number of β-lactam (4-membered cyclic amide) rings is 1. The number of aromatic nitrogens is 5. The van der Waals surface area contributed by atoms with Gasteiger partial charge in [-0.15, -0.1) is 11.8 Å². The lowest BCUT2D eigenvalue weighted by Gasteiger charge is -2.49. The summed E-state index contributed by atoms with van der Waals surface area (Å²) < 4.78 is 5.20. The third-order valence-corrected chi connectivity index (χ3v) is 8.01. The molecule has 2 aliphatic rings. The predicted molar refractivity (Wildman–Crippen MR) is 133 cm³/mol. The number of aliphatic carboxylic acids is 1. The molecule has 5 N–H and O–H groups in total. The van der Waals surface area contributed by atoms with E-state index in [-0.39, 0.29) is 45.6 Å². The number of hydrogen-bond acceptors (Lipinski definition) is 14. The molecule has 2 amide bonds. The van der Waals surface area contributed by atoms with Gasteiger partial charge in [-0.2, -0.15) is 14.3 Å². The number of carboxylic acids is 1. The van der Waals surface area contributed by atoms with Gasteiger partial charge >= 0.3 is 17.1 Å². The van der Waals surface area contributed by atoms with Crippen LogP contribution in [0.3, 0.4) is 0 Å². The molecule has 2 atom stereocenters. The number of fused-ring (bicyclic) bond motifs is 1. The Balaban J connectivity index is 1.51. The van der Waals surface area contributed by atoms with Gasteiger partial charge in [-0.05, 0) is 12.5 Å². The van der Waals surface area contributed by atoms with Gasteiger partial charge in [-0.25, -0.2) is 4.79 Å². The van der Waals surface area contributed by atoms with Crippen LogP contribution in [0.15, 0.2) is 31.2 Å². The first-order valence-corrected chi connectivity index (χ1v) is 13.2. The number of oxime groups is 1. The fraction of sp³-hybridized carbons (Fsp3) is 0.389. The standard InChI is InChI=1S/C18H19N9O7S3/c1-3-34-24-7(10-21-17(19)37-25-10)11(28)20-8-14(31)27-9(16(32)33)6(4-35-15(8)27)5-36-18-22-12(29)13(30)23-26(18)2/h8,15H,3-5H2,1-2H3,(H,20,28)(H,23,30)(H,32,33)(H2,19,21,25)/t8?,15-/m1/s1. The second-order valence-electron chi connectivity index (χ2n) is 7.42. The predicted octanol–water partition coefficient (Wildman–Crippen LogP) is -1.83. The van der Waals surface area contributed by atoms with Crippen LogP contribution in [0, 0.1) is 0 Å². The molecule has 1 fully saturated rings. The van der Waals surface area contributed by atoms with Gasteiger partial charge in [0.2, 0.25) is 11.5 Å². The Bertz CT molecular complexity index is 1450. The number of aromatic amines is 1. The first-order chi connectivity index (χ1) is 17.6. The summed E-state index contributed by atoms with van der Waals surface area (Å²) in [5.41, 5.74) is 3.68. The van der Waals surface area contributed by atoms with Crippen molar-refractivity contribution in [2.75, 3.05) is 23.8 Å². The van der Waals surface area contributed by atoms with Crippen molar-refractivity contribution in [2.45, 2.75) is 23.5 Å². The molecule has 2 aromatic rings. The average Bonchev–Trinajstić information content (AvgIpc) is 3.29. The molecule has 0 aromatic carbocycles. The number of H-pyrrole nitrogens is 1. The number of nitrogens with one attached hydrogen (secondary N) is 2. The fourth-order valence-electron chi connectivity index (χ4n) is 3.39. The van der Waals surface area contributed by atoms with Crippen LogP contribution in [0.2, 0.25) is 0 Å². The summed E-state index contributed by atoms with van der Waals surface area (Å²) in [5.74, 6) is -2.46. The first-order valence-electron chi connectivity index (χ1n) is 10.4. The maximum absolute atomic E-state index is 13.0. The van der Waals surface area contributed by atoms with Gasteiger partial charge in [-0.3, -0.25) is 33.9 Å². The number of carbonyl (C=O) groups excluding carboxylic acids is 2. The van der Waals surface area contributed by atoms with E-state index in [4.69, 9.17) is 10.6 Å². The molecular formula is C18H19N9O7S3. The molecule has 1 unspecified atom stereocenters. The highest BCUT2D eigenvalue weighted by Crippen LogP contribution is 2.41. The van der Waals surface area contributed by atoms with Crippen molar-refractivity contribution in [1.82, 2.24) is 34.3 Å². The van der Waals surface area contributed by atoms with E-state index in [2.05, 4.69) is 29.9 Å². The summed E-state index contributed by atoms with van der Waals surface area (Å²) in [4.78, 5) is 74.6. The van der Waals surface area contributed by atoms with Crippen LogP contribution in [0.4, 0.5) is 5.13 Å². The van der Waals surface area contributed by atoms with Crippen molar-refractivity contribution in [2.24, 2.45) is 12.2 Å². The van der Waals surface area contributed by atoms with Crippen molar-refractivity contribution < 1.29 is 24.3 Å². The minimum atomic E-state index is -1.32. The van der Waals surface area contributed by atoms with Crippen LogP contribution in [0.1, 0.15) is 12.7 Å². The maximum Gasteiger partial charge on any atom is 0.352 e. The van der Waals surface area contributed by atoms with Gasteiger partial charge in [0.1, 0.15) is 23.7 Å². The number of thioether (sulfide) groups is 2. The molecule has 0 radical (unpaired) electrons. The Morgan fingerprint density at radius 2 is 2.11 bits per heavy atom. The Kier molecular flexibility index (Phi) is 7.64. The van der Waals surface area contributed by atoms with Crippen molar-refractivity contribution in [1.29, 1.82) is 0 Å². The van der Waals surface area contributed by atoms with E-state index in [1.54, 1.807) is 6.92 Å². The van der Waals surface area contributed by atoms with Crippen LogP contribution in [0.25, 0.3) is 0 Å². The molecular weight excluding hydrogens is 550 g/mol. The first kappa shape index (κ1) is 26.4. The summed E-state index contributed by atoms with van der Waals surface area (Å²) in [5, 5.41) is 18.1. The number of nitrogens with zero attached hydrogens (tertiary/aromatic N) is 6. The molecule has 16 nitrogen and oxygen atoms in total. The van der Waals surface area contributed by atoms with Gasteiger partial charge in [0.15, 0.2) is 10.3 Å². The maximum atomic E-state index is 13.0. The van der Waals surface area contributed by atoms with Crippen molar-refractivity contribution in [3.8, 4) is 0 Å². The highest BCUT2D eigenvalue weighted by molar-refractivity contribution is 8.01.